The summed E-state index contributed by atoms with van der Waals surface area (Å²) in [6, 6.07) is 49.7. The van der Waals surface area contributed by atoms with Gasteiger partial charge < -0.3 is 0 Å². The van der Waals surface area contributed by atoms with Crippen molar-refractivity contribution >= 4 is 70.2 Å². The molecule has 50 heavy (non-hydrogen) atoms. The molecule has 0 N–H and O–H groups in total. The van der Waals surface area contributed by atoms with Crippen molar-refractivity contribution in [2.75, 3.05) is 0 Å². The summed E-state index contributed by atoms with van der Waals surface area (Å²) in [6.07, 6.45) is 6.92. The Bertz CT molecular complexity index is 2590. The van der Waals surface area contributed by atoms with Gasteiger partial charge in [0.2, 0.25) is 0 Å². The molecule has 0 heteroatoms. The van der Waals surface area contributed by atoms with Crippen molar-refractivity contribution in [1.29, 1.82) is 0 Å². The van der Waals surface area contributed by atoms with Gasteiger partial charge in [-0.2, -0.15) is 0 Å². The Labute approximate surface area is 298 Å². The van der Waals surface area contributed by atoms with Crippen molar-refractivity contribution in [1.82, 2.24) is 0 Å². The van der Waals surface area contributed by atoms with Crippen LogP contribution in [-0.2, 0) is 0 Å². The summed E-state index contributed by atoms with van der Waals surface area (Å²) in [6.45, 7) is 12.4. The van der Waals surface area contributed by atoms with Gasteiger partial charge in [0.05, 0.1) is 0 Å². The topological polar surface area (TPSA) is 0 Å². The third-order valence-corrected chi connectivity index (χ3v) is 9.95. The molecule has 0 spiro atoms. The largest absolute Gasteiger partial charge is 0.0798 e. The van der Waals surface area contributed by atoms with Crippen LogP contribution in [0.1, 0.15) is 66.0 Å². The molecular formula is C50H48. The van der Waals surface area contributed by atoms with Crippen molar-refractivity contribution in [3.63, 3.8) is 0 Å². The van der Waals surface area contributed by atoms with Crippen LogP contribution in [0, 0.1) is 0 Å². The summed E-state index contributed by atoms with van der Waals surface area (Å²) >= 11 is 0. The Morgan fingerprint density at radius 3 is 1.52 bits per heavy atom. The Balaban J connectivity index is 0.000000836. The van der Waals surface area contributed by atoms with Gasteiger partial charge in [0.25, 0.3) is 0 Å². The molecule has 0 aromatic heterocycles. The molecular weight excluding hydrogens is 601 g/mol. The predicted molar refractivity (Wildman–Crippen MR) is 226 cm³/mol. The minimum Gasteiger partial charge on any atom is -0.0798 e. The van der Waals surface area contributed by atoms with Gasteiger partial charge in [-0.3, -0.25) is 0 Å². The lowest BCUT2D eigenvalue weighted by atomic mass is 9.88. The molecule has 1 unspecified atom stereocenters. The molecule has 0 aliphatic carbocycles. The molecule has 0 amide bonds. The third kappa shape index (κ3) is 5.69. The van der Waals surface area contributed by atoms with Gasteiger partial charge in [0.15, 0.2) is 0 Å². The first kappa shape index (κ1) is 34.4. The van der Waals surface area contributed by atoms with E-state index in [0.717, 1.165) is 0 Å². The van der Waals surface area contributed by atoms with Gasteiger partial charge in [0, 0.05) is 0 Å². The van der Waals surface area contributed by atoms with E-state index in [2.05, 4.69) is 166 Å². The van der Waals surface area contributed by atoms with Crippen molar-refractivity contribution < 1.29 is 0 Å². The van der Waals surface area contributed by atoms with Crippen LogP contribution in [0.5, 0.6) is 0 Å². The highest BCUT2D eigenvalue weighted by Crippen LogP contribution is 2.41. The second-order valence-electron chi connectivity index (χ2n) is 12.5. The molecule has 248 valence electrons. The van der Waals surface area contributed by atoms with Gasteiger partial charge in [-0.05, 0) is 117 Å². The zero-order chi connectivity index (χ0) is 34.1. The van der Waals surface area contributed by atoms with Gasteiger partial charge >= 0.3 is 0 Å². The van der Waals surface area contributed by atoms with E-state index in [0.29, 0.717) is 0 Å². The SMILES string of the molecule is C.C/C=C(\C=C/C(C)c1ccc(-c2cc3cccc4ccc5cccc2c5c43)cc1)c1cc2cccc3ccc4cccc1c4c32.CC.CC. The molecule has 0 nitrogen and oxygen atoms in total. The Kier molecular flexibility index (Phi) is 10.0. The monoisotopic (exact) mass is 648 g/mol. The van der Waals surface area contributed by atoms with Crippen LogP contribution in [0.2, 0.25) is 0 Å². The molecule has 0 radical (unpaired) electrons. The van der Waals surface area contributed by atoms with Crippen LogP contribution >= 0.6 is 0 Å². The van der Waals surface area contributed by atoms with Gasteiger partial charge in [-0.1, -0.05) is 182 Å². The minimum absolute atomic E-state index is 0. The van der Waals surface area contributed by atoms with E-state index < -0.39 is 0 Å². The lowest BCUT2D eigenvalue weighted by Gasteiger charge is -2.16. The molecule has 9 aromatic rings. The molecule has 0 fully saturated rings. The van der Waals surface area contributed by atoms with Crippen LogP contribution in [0.15, 0.2) is 152 Å². The fourth-order valence-corrected chi connectivity index (χ4v) is 7.67. The molecule has 9 rings (SSSR count). The van der Waals surface area contributed by atoms with Gasteiger partial charge in [-0.15, -0.1) is 0 Å². The van der Waals surface area contributed by atoms with E-state index in [1.165, 1.54) is 92.5 Å². The second-order valence-corrected chi connectivity index (χ2v) is 12.5. The molecule has 0 bridgehead atoms. The number of rotatable bonds is 5. The maximum atomic E-state index is 2.38. The minimum atomic E-state index is 0. The zero-order valence-electron chi connectivity index (χ0n) is 29.5. The number of hydrogen-bond acceptors (Lipinski definition) is 0. The Morgan fingerprint density at radius 1 is 0.500 bits per heavy atom. The lowest BCUT2D eigenvalue weighted by Crippen LogP contribution is -1.92. The molecule has 0 heterocycles. The van der Waals surface area contributed by atoms with E-state index in [-0.39, 0.29) is 13.3 Å². The van der Waals surface area contributed by atoms with E-state index >= 15 is 0 Å². The van der Waals surface area contributed by atoms with E-state index in [1.54, 1.807) is 0 Å². The highest BCUT2D eigenvalue weighted by molar-refractivity contribution is 6.27. The predicted octanol–water partition coefficient (Wildman–Crippen LogP) is 15.6. The summed E-state index contributed by atoms with van der Waals surface area (Å²) in [5, 5.41) is 15.9. The summed E-state index contributed by atoms with van der Waals surface area (Å²) in [5.41, 5.74) is 6.42. The van der Waals surface area contributed by atoms with Crippen molar-refractivity contribution in [3.05, 3.63) is 163 Å². The maximum Gasteiger partial charge on any atom is -0.000710 e. The highest BCUT2D eigenvalue weighted by Gasteiger charge is 2.15. The van der Waals surface area contributed by atoms with Crippen LogP contribution in [0.3, 0.4) is 0 Å². The number of benzene rings is 9. The second kappa shape index (κ2) is 14.6. The number of allylic oxidation sites excluding steroid dienone is 4. The summed E-state index contributed by atoms with van der Waals surface area (Å²) in [5.74, 6) is 0.281. The van der Waals surface area contributed by atoms with Gasteiger partial charge in [-0.25, -0.2) is 0 Å². The first-order valence-corrected chi connectivity index (χ1v) is 18.0. The smallest absolute Gasteiger partial charge is 0.000710 e. The highest BCUT2D eigenvalue weighted by atomic mass is 14.2. The quantitative estimate of drug-likeness (QED) is 0.129. The molecule has 0 saturated heterocycles. The zero-order valence-corrected chi connectivity index (χ0v) is 29.5. The fraction of sp³-hybridized carbons (Fsp3) is 0.160. The Morgan fingerprint density at radius 2 is 0.960 bits per heavy atom. The van der Waals surface area contributed by atoms with Gasteiger partial charge in [0.1, 0.15) is 0 Å². The molecule has 9 aromatic carbocycles. The van der Waals surface area contributed by atoms with E-state index in [4.69, 9.17) is 0 Å². The van der Waals surface area contributed by atoms with Crippen LogP contribution in [0.25, 0.3) is 81.3 Å². The molecule has 0 saturated carbocycles. The van der Waals surface area contributed by atoms with Crippen molar-refractivity contribution in [2.45, 2.75) is 54.9 Å². The average Bonchev–Trinajstić information content (AvgIpc) is 3.18. The van der Waals surface area contributed by atoms with E-state index in [1.807, 2.05) is 27.7 Å². The standard InChI is InChI=1S/C45H32.2C2H6.CH4/c1-3-29(40-26-36-12-4-8-32-22-24-34-10-6-14-38(40)44(34)42(32)36)17-16-28(2)30-18-20-31(21-19-30)41-27-37-13-5-9-33-23-25-35-11-7-15-39(41)45(35)43(33)37;2*1-2;/h3-28H,1-2H3;2*1-2H3;1H4/b17-16-,29-3+;;;. The summed E-state index contributed by atoms with van der Waals surface area (Å²) < 4.78 is 0. The average molecular weight is 649 g/mol. The molecule has 0 aliphatic rings. The maximum absolute atomic E-state index is 2.38. The first-order valence-electron chi connectivity index (χ1n) is 18.0. The third-order valence-electron chi connectivity index (χ3n) is 9.95. The molecule has 1 atom stereocenters. The number of hydrogen-bond donors (Lipinski definition) is 0. The van der Waals surface area contributed by atoms with E-state index in [9.17, 15) is 0 Å². The fourth-order valence-electron chi connectivity index (χ4n) is 7.67. The summed E-state index contributed by atoms with van der Waals surface area (Å²) in [4.78, 5) is 0. The van der Waals surface area contributed by atoms with Crippen molar-refractivity contribution in [3.8, 4) is 11.1 Å². The van der Waals surface area contributed by atoms with Crippen molar-refractivity contribution in [2.24, 2.45) is 0 Å². The summed E-state index contributed by atoms with van der Waals surface area (Å²) in [7, 11) is 0. The first-order chi connectivity index (χ1) is 24.2. The molecule has 0 aliphatic heterocycles. The normalized spacial score (nSPS) is 12.4. The Hall–Kier alpha value is -5.46. The van der Waals surface area contributed by atoms with Crippen LogP contribution < -0.4 is 0 Å². The lowest BCUT2D eigenvalue weighted by molar-refractivity contribution is 0.968. The van der Waals surface area contributed by atoms with Crippen LogP contribution in [0.4, 0.5) is 0 Å². The van der Waals surface area contributed by atoms with Crippen LogP contribution in [-0.4, -0.2) is 0 Å².